The number of nitro groups is 1. The quantitative estimate of drug-likeness (QED) is 0.396. The Bertz CT molecular complexity index is 1050. The number of nitriles is 1. The van der Waals surface area contributed by atoms with E-state index in [1.807, 2.05) is 37.5 Å². The lowest BCUT2D eigenvalue weighted by Crippen LogP contribution is -1.99. The van der Waals surface area contributed by atoms with Gasteiger partial charge in [-0.2, -0.15) is 5.26 Å². The Kier molecular flexibility index (Phi) is 4.42. The number of non-ortho nitro benzene ring substituents is 1. The molecule has 0 amide bonds. The van der Waals surface area contributed by atoms with Crippen molar-refractivity contribution in [1.82, 2.24) is 9.72 Å². The van der Waals surface area contributed by atoms with E-state index in [0.29, 0.717) is 22.7 Å². The number of nitro benzene ring substituents is 1. The molecule has 3 rings (SSSR count). The second-order valence-electron chi connectivity index (χ2n) is 5.93. The normalized spacial score (nSPS) is 11.4. The summed E-state index contributed by atoms with van der Waals surface area (Å²) in [6.07, 6.45) is 1.77. The Morgan fingerprint density at radius 1 is 1.27 bits per heavy atom. The van der Waals surface area contributed by atoms with Crippen LogP contribution in [-0.4, -0.2) is 14.6 Å². The molecular formula is C19H16N4O3. The Labute approximate surface area is 149 Å². The summed E-state index contributed by atoms with van der Waals surface area (Å²) in [6, 6.07) is 11.9. The predicted molar refractivity (Wildman–Crippen MR) is 96.6 cm³/mol. The molecule has 0 aliphatic rings. The highest BCUT2D eigenvalue weighted by Gasteiger charge is 2.14. The lowest BCUT2D eigenvalue weighted by atomic mass is 10.0. The number of aryl methyl sites for hydroxylation is 2. The lowest BCUT2D eigenvalue weighted by Gasteiger charge is -2.04. The van der Waals surface area contributed by atoms with Crippen LogP contribution in [0.3, 0.4) is 0 Å². The van der Waals surface area contributed by atoms with Crippen LogP contribution < -0.4 is 0 Å². The third kappa shape index (κ3) is 3.13. The standard InChI is InChI=1S/C19H16N4O3/c1-12-8-16(14(3)22(12)19-9-13(2)26-21-19)10-17(11-20)15-4-6-18(7-5-15)23(24)25/h4-10H,1-3H3/b17-10+. The molecule has 0 saturated carbocycles. The van der Waals surface area contributed by atoms with Gasteiger partial charge in [0.1, 0.15) is 5.76 Å². The summed E-state index contributed by atoms with van der Waals surface area (Å²) in [4.78, 5) is 10.3. The third-order valence-corrected chi connectivity index (χ3v) is 4.12. The van der Waals surface area contributed by atoms with Crippen molar-refractivity contribution in [3.05, 3.63) is 74.8 Å². The number of aromatic nitrogens is 2. The van der Waals surface area contributed by atoms with Crippen molar-refractivity contribution in [1.29, 1.82) is 5.26 Å². The molecule has 26 heavy (non-hydrogen) atoms. The van der Waals surface area contributed by atoms with E-state index in [0.717, 1.165) is 17.0 Å². The van der Waals surface area contributed by atoms with Gasteiger partial charge in [-0.3, -0.25) is 14.7 Å². The molecule has 0 saturated heterocycles. The van der Waals surface area contributed by atoms with Crippen molar-refractivity contribution in [2.24, 2.45) is 0 Å². The average molecular weight is 348 g/mol. The van der Waals surface area contributed by atoms with Gasteiger partial charge in [-0.05, 0) is 56.2 Å². The second kappa shape index (κ2) is 6.69. The van der Waals surface area contributed by atoms with Gasteiger partial charge in [0.25, 0.3) is 5.69 Å². The third-order valence-electron chi connectivity index (χ3n) is 4.12. The van der Waals surface area contributed by atoms with E-state index < -0.39 is 4.92 Å². The minimum Gasteiger partial charge on any atom is -0.360 e. The summed E-state index contributed by atoms with van der Waals surface area (Å²) in [5, 5.41) is 24.3. The molecule has 2 aromatic heterocycles. The van der Waals surface area contributed by atoms with E-state index in [-0.39, 0.29) is 5.69 Å². The van der Waals surface area contributed by atoms with E-state index in [4.69, 9.17) is 4.52 Å². The molecule has 0 unspecified atom stereocenters. The summed E-state index contributed by atoms with van der Waals surface area (Å²) in [5.41, 5.74) is 3.80. The van der Waals surface area contributed by atoms with E-state index in [9.17, 15) is 15.4 Å². The Morgan fingerprint density at radius 2 is 1.96 bits per heavy atom. The molecule has 0 spiro atoms. The maximum Gasteiger partial charge on any atom is 0.269 e. The monoisotopic (exact) mass is 348 g/mol. The van der Waals surface area contributed by atoms with Gasteiger partial charge in [0.15, 0.2) is 5.82 Å². The molecule has 0 bridgehead atoms. The van der Waals surface area contributed by atoms with Gasteiger partial charge in [-0.15, -0.1) is 0 Å². The maximum absolute atomic E-state index is 10.8. The Balaban J connectivity index is 2.03. The molecular weight excluding hydrogens is 332 g/mol. The number of rotatable bonds is 4. The largest absolute Gasteiger partial charge is 0.360 e. The predicted octanol–water partition coefficient (Wildman–Crippen LogP) is 4.36. The molecule has 130 valence electrons. The van der Waals surface area contributed by atoms with Crippen molar-refractivity contribution in [2.45, 2.75) is 20.8 Å². The van der Waals surface area contributed by atoms with Crippen LogP contribution in [0.4, 0.5) is 5.69 Å². The zero-order valence-electron chi connectivity index (χ0n) is 14.6. The van der Waals surface area contributed by atoms with Crippen LogP contribution in [0.1, 0.15) is 28.3 Å². The van der Waals surface area contributed by atoms with Crippen LogP contribution in [0.25, 0.3) is 17.5 Å². The van der Waals surface area contributed by atoms with E-state index in [2.05, 4.69) is 11.2 Å². The molecule has 3 aromatic rings. The van der Waals surface area contributed by atoms with Crippen molar-refractivity contribution >= 4 is 17.3 Å². The average Bonchev–Trinajstić information content (AvgIpc) is 3.15. The summed E-state index contributed by atoms with van der Waals surface area (Å²) in [5.74, 6) is 1.40. The number of hydrogen-bond donors (Lipinski definition) is 0. The highest BCUT2D eigenvalue weighted by molar-refractivity contribution is 5.90. The van der Waals surface area contributed by atoms with Crippen LogP contribution in [0.2, 0.25) is 0 Å². The van der Waals surface area contributed by atoms with Crippen LogP contribution in [0, 0.1) is 42.2 Å². The van der Waals surface area contributed by atoms with Crippen molar-refractivity contribution in [3.63, 3.8) is 0 Å². The molecule has 7 heteroatoms. The number of nitrogens with zero attached hydrogens (tertiary/aromatic N) is 4. The first-order valence-corrected chi connectivity index (χ1v) is 7.90. The van der Waals surface area contributed by atoms with E-state index in [1.165, 1.54) is 12.1 Å². The van der Waals surface area contributed by atoms with Gasteiger partial charge in [-0.25, -0.2) is 0 Å². The molecule has 0 radical (unpaired) electrons. The smallest absolute Gasteiger partial charge is 0.269 e. The Hall–Kier alpha value is -3.66. The van der Waals surface area contributed by atoms with Crippen LogP contribution in [-0.2, 0) is 0 Å². The van der Waals surface area contributed by atoms with Crippen molar-refractivity contribution < 1.29 is 9.45 Å². The van der Waals surface area contributed by atoms with Crippen LogP contribution >= 0.6 is 0 Å². The maximum atomic E-state index is 10.8. The zero-order valence-corrected chi connectivity index (χ0v) is 14.6. The zero-order chi connectivity index (χ0) is 18.8. The lowest BCUT2D eigenvalue weighted by molar-refractivity contribution is -0.384. The topological polar surface area (TPSA) is 97.9 Å². The fraction of sp³-hybridized carbons (Fsp3) is 0.158. The summed E-state index contributed by atoms with van der Waals surface area (Å²) < 4.78 is 7.10. The summed E-state index contributed by atoms with van der Waals surface area (Å²) in [7, 11) is 0. The molecule has 0 atom stereocenters. The van der Waals surface area contributed by atoms with Gasteiger partial charge in [0.2, 0.25) is 0 Å². The van der Waals surface area contributed by atoms with E-state index >= 15 is 0 Å². The molecule has 0 aliphatic heterocycles. The minimum atomic E-state index is -0.465. The second-order valence-corrected chi connectivity index (χ2v) is 5.93. The van der Waals surface area contributed by atoms with Gasteiger partial charge in [-0.1, -0.05) is 5.16 Å². The first kappa shape index (κ1) is 17.2. The van der Waals surface area contributed by atoms with E-state index in [1.54, 1.807) is 18.2 Å². The molecule has 0 fully saturated rings. The fourth-order valence-electron chi connectivity index (χ4n) is 2.84. The van der Waals surface area contributed by atoms with Crippen molar-refractivity contribution in [3.8, 4) is 11.9 Å². The molecule has 7 nitrogen and oxygen atoms in total. The Morgan fingerprint density at radius 3 is 2.50 bits per heavy atom. The highest BCUT2D eigenvalue weighted by atomic mass is 16.6. The fourth-order valence-corrected chi connectivity index (χ4v) is 2.84. The minimum absolute atomic E-state index is 0.00869. The molecule has 0 aliphatic carbocycles. The van der Waals surface area contributed by atoms with Crippen molar-refractivity contribution in [2.75, 3.05) is 0 Å². The van der Waals surface area contributed by atoms with Gasteiger partial charge in [0.05, 0.1) is 16.6 Å². The molecule has 0 N–H and O–H groups in total. The van der Waals surface area contributed by atoms with Gasteiger partial charge < -0.3 is 4.52 Å². The molecule has 2 heterocycles. The van der Waals surface area contributed by atoms with Crippen LogP contribution in [0.5, 0.6) is 0 Å². The highest BCUT2D eigenvalue weighted by Crippen LogP contribution is 2.26. The number of allylic oxidation sites excluding steroid dienone is 1. The van der Waals surface area contributed by atoms with Gasteiger partial charge in [0, 0.05) is 29.6 Å². The first-order chi connectivity index (χ1) is 12.4. The number of benzene rings is 1. The SMILES string of the molecule is Cc1cc(-n2c(C)cc(/C=C(\C#N)c3ccc([N+](=O)[O-])cc3)c2C)no1. The first-order valence-electron chi connectivity index (χ1n) is 7.90. The van der Waals surface area contributed by atoms with Crippen LogP contribution in [0.15, 0.2) is 40.9 Å². The summed E-state index contributed by atoms with van der Waals surface area (Å²) in [6.45, 7) is 5.72. The van der Waals surface area contributed by atoms with Gasteiger partial charge >= 0.3 is 0 Å². The summed E-state index contributed by atoms with van der Waals surface area (Å²) >= 11 is 0. The number of hydrogen-bond acceptors (Lipinski definition) is 5. The molecule has 1 aromatic carbocycles.